The third kappa shape index (κ3) is 2.80. The quantitative estimate of drug-likeness (QED) is 0.503. The van der Waals surface area contributed by atoms with Crippen LogP contribution >= 0.6 is 11.6 Å². The Morgan fingerprint density at radius 2 is 1.90 bits per heavy atom. The summed E-state index contributed by atoms with van der Waals surface area (Å²) in [6, 6.07) is 6.78. The summed E-state index contributed by atoms with van der Waals surface area (Å²) in [6.45, 7) is 0. The van der Waals surface area contributed by atoms with Gasteiger partial charge in [0, 0.05) is 59.5 Å². The number of aromatic amines is 1. The van der Waals surface area contributed by atoms with Gasteiger partial charge in [-0.05, 0) is 37.8 Å². The van der Waals surface area contributed by atoms with Gasteiger partial charge in [-0.2, -0.15) is 0 Å². The number of anilines is 1. The van der Waals surface area contributed by atoms with Gasteiger partial charge in [0.2, 0.25) is 0 Å². The van der Waals surface area contributed by atoms with Crippen LogP contribution in [0.1, 0.15) is 25.7 Å². The minimum atomic E-state index is -0.0646. The predicted molar refractivity (Wildman–Crippen MR) is 124 cm³/mol. The topological polar surface area (TPSA) is 92.8 Å². The van der Waals surface area contributed by atoms with Crippen molar-refractivity contribution >= 4 is 39.4 Å². The lowest BCUT2D eigenvalue weighted by Gasteiger charge is -2.38. The highest BCUT2D eigenvalue weighted by molar-refractivity contribution is 6.38. The molecule has 6 rings (SSSR count). The van der Waals surface area contributed by atoms with Crippen molar-refractivity contribution in [3.63, 3.8) is 0 Å². The molecule has 1 aromatic carbocycles. The molecular weight excluding hydrogens is 412 g/mol. The molecule has 2 fully saturated rings. The number of nitrogens with zero attached hydrogens (tertiary/aromatic N) is 4. The monoisotopic (exact) mass is 434 g/mol. The zero-order valence-corrected chi connectivity index (χ0v) is 17.9. The van der Waals surface area contributed by atoms with Crippen LogP contribution in [0.25, 0.3) is 33.1 Å². The number of nitrogens with one attached hydrogen (secondary N) is 1. The van der Waals surface area contributed by atoms with Crippen LogP contribution in [0.2, 0.25) is 5.02 Å². The van der Waals surface area contributed by atoms with Gasteiger partial charge in [0.1, 0.15) is 11.3 Å². The molecule has 3 N–H and O–H groups in total. The lowest BCUT2D eigenvalue weighted by Crippen LogP contribution is -2.47. The number of halogens is 1. The molecule has 8 heteroatoms. The van der Waals surface area contributed by atoms with Crippen molar-refractivity contribution in [1.29, 1.82) is 0 Å². The summed E-state index contributed by atoms with van der Waals surface area (Å²) in [7, 11) is 1.73. The summed E-state index contributed by atoms with van der Waals surface area (Å²) in [5, 5.41) is 1.89. The molecular formula is C23H23ClN6O. The average Bonchev–Trinajstić information content (AvgIpc) is 3.29. The second kappa shape index (κ2) is 6.80. The molecule has 5 heterocycles. The van der Waals surface area contributed by atoms with E-state index >= 15 is 0 Å². The highest BCUT2D eigenvalue weighted by atomic mass is 35.5. The van der Waals surface area contributed by atoms with Gasteiger partial charge in [0.25, 0.3) is 5.56 Å². The van der Waals surface area contributed by atoms with Crippen LogP contribution in [0.3, 0.4) is 0 Å². The highest BCUT2D eigenvalue weighted by Gasteiger charge is 2.40. The van der Waals surface area contributed by atoms with E-state index in [9.17, 15) is 4.79 Å². The summed E-state index contributed by atoms with van der Waals surface area (Å²) in [5.41, 5.74) is 9.38. The molecule has 31 heavy (non-hydrogen) atoms. The normalized spacial score (nSPS) is 23.2. The van der Waals surface area contributed by atoms with Crippen LogP contribution in [-0.2, 0) is 7.05 Å². The van der Waals surface area contributed by atoms with Gasteiger partial charge in [0.15, 0.2) is 5.65 Å². The van der Waals surface area contributed by atoms with Gasteiger partial charge in [-0.1, -0.05) is 17.7 Å². The van der Waals surface area contributed by atoms with Crippen LogP contribution in [-0.4, -0.2) is 37.6 Å². The maximum atomic E-state index is 12.4. The van der Waals surface area contributed by atoms with Gasteiger partial charge in [-0.3, -0.25) is 4.79 Å². The minimum Gasteiger partial charge on any atom is -0.349 e. The third-order valence-electron chi connectivity index (χ3n) is 6.89. The Bertz CT molecular complexity index is 1380. The van der Waals surface area contributed by atoms with E-state index in [4.69, 9.17) is 27.3 Å². The molecule has 4 aromatic rings. The van der Waals surface area contributed by atoms with E-state index in [1.54, 1.807) is 17.8 Å². The van der Waals surface area contributed by atoms with Crippen molar-refractivity contribution in [3.8, 4) is 11.1 Å². The largest absolute Gasteiger partial charge is 0.349 e. The second-order valence-corrected chi connectivity index (χ2v) is 9.15. The molecule has 0 saturated carbocycles. The van der Waals surface area contributed by atoms with Crippen LogP contribution in [0.5, 0.6) is 0 Å². The maximum absolute atomic E-state index is 12.4. The Balaban J connectivity index is 1.44. The molecule has 1 unspecified atom stereocenters. The van der Waals surface area contributed by atoms with E-state index in [1.807, 2.05) is 30.6 Å². The number of piperidine rings is 1. The molecule has 158 valence electrons. The van der Waals surface area contributed by atoms with Crippen LogP contribution < -0.4 is 16.2 Å². The fourth-order valence-electron chi connectivity index (χ4n) is 5.40. The van der Waals surface area contributed by atoms with Gasteiger partial charge in [0.05, 0.1) is 11.2 Å². The number of hydrogen-bond donors (Lipinski definition) is 2. The summed E-state index contributed by atoms with van der Waals surface area (Å²) in [4.78, 5) is 27.8. The van der Waals surface area contributed by atoms with Gasteiger partial charge >= 0.3 is 0 Å². The molecule has 0 spiro atoms. The zero-order valence-electron chi connectivity index (χ0n) is 17.2. The van der Waals surface area contributed by atoms with Crippen molar-refractivity contribution in [3.05, 3.63) is 52.2 Å². The van der Waals surface area contributed by atoms with Gasteiger partial charge < -0.3 is 20.2 Å². The first-order valence-electron chi connectivity index (χ1n) is 10.7. The smallest absolute Gasteiger partial charge is 0.258 e. The average molecular weight is 435 g/mol. The van der Waals surface area contributed by atoms with Crippen LogP contribution in [0.4, 0.5) is 5.82 Å². The first-order valence-corrected chi connectivity index (χ1v) is 11.1. The van der Waals surface area contributed by atoms with Crippen LogP contribution in [0, 0.1) is 0 Å². The van der Waals surface area contributed by atoms with E-state index in [1.165, 1.54) is 12.8 Å². The standard InChI is InChI=1S/C23H23ClN6O/c1-29-7-6-16-17(23(29)31)5-4-15(20(16)24)18-10-27-22-21(18)26-11-19(28-22)30-13-2-3-14(30)9-12(25)8-13/h4-7,10-14H,2-3,8-9,25H2,1H3,(H,27,28)/t12?,13-,14+. The SMILES string of the molecule is Cn1ccc2c(Cl)c(-c3c[nH]c4nc(N5[C@@H]6CC[C@H]5CC(N)C6)cnc34)ccc2c1=O. The Morgan fingerprint density at radius 1 is 1.13 bits per heavy atom. The number of benzene rings is 1. The number of rotatable bonds is 2. The number of H-pyrrole nitrogens is 1. The van der Waals surface area contributed by atoms with Crippen molar-refractivity contribution in [2.45, 2.75) is 43.8 Å². The Kier molecular flexibility index (Phi) is 4.13. The summed E-state index contributed by atoms with van der Waals surface area (Å²) >= 11 is 6.74. The molecule has 0 amide bonds. The molecule has 3 aromatic heterocycles. The number of fused-ring (bicyclic) bond motifs is 4. The molecule has 7 nitrogen and oxygen atoms in total. The van der Waals surface area contributed by atoms with E-state index in [-0.39, 0.29) is 11.6 Å². The lowest BCUT2D eigenvalue weighted by molar-refractivity contribution is 0.412. The number of nitrogens with two attached hydrogens (primary N) is 1. The zero-order chi connectivity index (χ0) is 21.3. The highest BCUT2D eigenvalue weighted by Crippen LogP contribution is 2.40. The van der Waals surface area contributed by atoms with Crippen molar-refractivity contribution in [2.24, 2.45) is 12.8 Å². The minimum absolute atomic E-state index is 0.0646. The molecule has 2 bridgehead atoms. The van der Waals surface area contributed by atoms with Crippen LogP contribution in [0.15, 0.2) is 41.6 Å². The number of pyridine rings is 1. The molecule has 0 radical (unpaired) electrons. The number of aromatic nitrogens is 4. The second-order valence-electron chi connectivity index (χ2n) is 8.77. The molecule has 2 aliphatic rings. The molecule has 3 atom stereocenters. The summed E-state index contributed by atoms with van der Waals surface area (Å²) < 4.78 is 1.55. The van der Waals surface area contributed by atoms with Crippen molar-refractivity contribution in [2.75, 3.05) is 4.90 Å². The molecule has 2 aliphatic heterocycles. The third-order valence-corrected chi connectivity index (χ3v) is 7.29. The number of hydrogen-bond acceptors (Lipinski definition) is 5. The Hall–Kier alpha value is -2.90. The van der Waals surface area contributed by atoms with Gasteiger partial charge in [-0.25, -0.2) is 9.97 Å². The van der Waals surface area contributed by atoms with E-state index < -0.39 is 0 Å². The first-order chi connectivity index (χ1) is 15.0. The molecule has 2 saturated heterocycles. The van der Waals surface area contributed by atoms with Crippen molar-refractivity contribution < 1.29 is 0 Å². The predicted octanol–water partition coefficient (Wildman–Crippen LogP) is 3.59. The fraction of sp³-hybridized carbons (Fsp3) is 0.348. The van der Waals surface area contributed by atoms with E-state index in [0.29, 0.717) is 22.5 Å². The summed E-state index contributed by atoms with van der Waals surface area (Å²) in [5.74, 6) is 0.911. The fourth-order valence-corrected chi connectivity index (χ4v) is 5.73. The maximum Gasteiger partial charge on any atom is 0.258 e. The number of aryl methyl sites for hydroxylation is 1. The van der Waals surface area contributed by atoms with E-state index in [0.717, 1.165) is 46.3 Å². The van der Waals surface area contributed by atoms with Gasteiger partial charge in [-0.15, -0.1) is 0 Å². The Labute approximate surface area is 183 Å². The lowest BCUT2D eigenvalue weighted by atomic mass is 9.98. The van der Waals surface area contributed by atoms with E-state index in [2.05, 4.69) is 9.88 Å². The van der Waals surface area contributed by atoms with Crippen molar-refractivity contribution in [1.82, 2.24) is 19.5 Å². The summed E-state index contributed by atoms with van der Waals surface area (Å²) in [6.07, 6.45) is 9.85. The Morgan fingerprint density at radius 3 is 2.68 bits per heavy atom. The molecule has 0 aliphatic carbocycles. The first kappa shape index (κ1) is 18.8.